The number of nitrogens with two attached hydrogens (primary N) is 1. The fourth-order valence-electron chi connectivity index (χ4n) is 1.93. The summed E-state index contributed by atoms with van der Waals surface area (Å²) < 4.78 is 0. The fourth-order valence-corrected chi connectivity index (χ4v) is 1.93. The summed E-state index contributed by atoms with van der Waals surface area (Å²) in [6.45, 7) is 9.82. The van der Waals surface area contributed by atoms with Crippen molar-refractivity contribution in [1.82, 2.24) is 4.90 Å². The molecule has 0 spiro atoms. The maximum absolute atomic E-state index is 5.96. The van der Waals surface area contributed by atoms with E-state index in [2.05, 4.69) is 49.9 Å². The van der Waals surface area contributed by atoms with Crippen LogP contribution in [0.4, 0.5) is 0 Å². The molecule has 0 aliphatic rings. The Morgan fingerprint density at radius 3 is 2.00 bits per heavy atom. The van der Waals surface area contributed by atoms with Crippen molar-refractivity contribution < 1.29 is 0 Å². The molecule has 0 saturated heterocycles. The van der Waals surface area contributed by atoms with Gasteiger partial charge in [0.1, 0.15) is 0 Å². The van der Waals surface area contributed by atoms with Gasteiger partial charge in [-0.25, -0.2) is 0 Å². The van der Waals surface area contributed by atoms with Gasteiger partial charge >= 0.3 is 0 Å². The molecule has 96 valence electrons. The Kier molecular flexibility index (Phi) is 6.23. The summed E-state index contributed by atoms with van der Waals surface area (Å²) in [5.74, 6) is 0. The van der Waals surface area contributed by atoms with E-state index in [9.17, 15) is 0 Å². The smallest absolute Gasteiger partial charge is 0.0233 e. The molecule has 0 bridgehead atoms. The lowest BCUT2D eigenvalue weighted by Gasteiger charge is -2.18. The summed E-state index contributed by atoms with van der Waals surface area (Å²) in [4.78, 5) is 2.42. The monoisotopic (exact) mass is 234 g/mol. The van der Waals surface area contributed by atoms with Crippen molar-refractivity contribution >= 4 is 0 Å². The Morgan fingerprint density at radius 2 is 1.53 bits per heavy atom. The lowest BCUT2D eigenvalue weighted by molar-refractivity contribution is 0.296. The topological polar surface area (TPSA) is 29.3 Å². The van der Waals surface area contributed by atoms with E-state index in [0.717, 1.165) is 32.5 Å². The Bertz CT molecular complexity index is 301. The predicted octanol–water partition coefficient (Wildman–Crippen LogP) is 2.81. The third-order valence-corrected chi connectivity index (χ3v) is 3.35. The molecule has 0 radical (unpaired) electrons. The largest absolute Gasteiger partial charge is 0.327 e. The molecule has 0 amide bonds. The second-order valence-corrected chi connectivity index (χ2v) is 4.65. The Balaban J connectivity index is 2.55. The minimum atomic E-state index is 0.295. The standard InChI is InChI=1S/C15H26N2/c1-4-15(16)11-13-7-9-14(10-8-13)12-17(5-2)6-3/h7-10,15H,4-6,11-12,16H2,1-3H3. The summed E-state index contributed by atoms with van der Waals surface area (Å²) >= 11 is 0. The summed E-state index contributed by atoms with van der Waals surface area (Å²) in [5.41, 5.74) is 8.70. The summed E-state index contributed by atoms with van der Waals surface area (Å²) in [7, 11) is 0. The van der Waals surface area contributed by atoms with Crippen molar-refractivity contribution in [1.29, 1.82) is 0 Å². The highest BCUT2D eigenvalue weighted by molar-refractivity contribution is 5.23. The second kappa shape index (κ2) is 7.46. The molecule has 0 heterocycles. The molecule has 1 rings (SSSR count). The molecule has 1 aromatic carbocycles. The van der Waals surface area contributed by atoms with E-state index in [0.29, 0.717) is 6.04 Å². The van der Waals surface area contributed by atoms with Gasteiger partial charge in [0.15, 0.2) is 0 Å². The zero-order chi connectivity index (χ0) is 12.7. The summed E-state index contributed by atoms with van der Waals surface area (Å²) in [5, 5.41) is 0. The van der Waals surface area contributed by atoms with Crippen molar-refractivity contribution in [3.05, 3.63) is 35.4 Å². The zero-order valence-corrected chi connectivity index (χ0v) is 11.4. The normalized spacial score (nSPS) is 13.0. The van der Waals surface area contributed by atoms with Gasteiger partial charge in [-0.2, -0.15) is 0 Å². The van der Waals surface area contributed by atoms with E-state index in [-0.39, 0.29) is 0 Å². The van der Waals surface area contributed by atoms with E-state index < -0.39 is 0 Å². The van der Waals surface area contributed by atoms with Gasteiger partial charge in [0.05, 0.1) is 0 Å². The SMILES string of the molecule is CCC(N)Cc1ccc(CN(CC)CC)cc1. The molecular weight excluding hydrogens is 208 g/mol. The van der Waals surface area contributed by atoms with Crippen molar-refractivity contribution in [2.24, 2.45) is 5.73 Å². The van der Waals surface area contributed by atoms with Gasteiger partial charge in [-0.3, -0.25) is 4.90 Å². The fraction of sp³-hybridized carbons (Fsp3) is 0.600. The van der Waals surface area contributed by atoms with Crippen LogP contribution in [-0.2, 0) is 13.0 Å². The zero-order valence-electron chi connectivity index (χ0n) is 11.4. The Morgan fingerprint density at radius 1 is 1.00 bits per heavy atom. The maximum Gasteiger partial charge on any atom is 0.0233 e. The summed E-state index contributed by atoms with van der Waals surface area (Å²) in [6, 6.07) is 9.19. The molecule has 1 unspecified atom stereocenters. The van der Waals surface area contributed by atoms with Gasteiger partial charge in [-0.15, -0.1) is 0 Å². The van der Waals surface area contributed by atoms with E-state index in [1.807, 2.05) is 0 Å². The van der Waals surface area contributed by atoms with E-state index in [1.165, 1.54) is 11.1 Å². The van der Waals surface area contributed by atoms with Gasteiger partial charge in [0.2, 0.25) is 0 Å². The Hall–Kier alpha value is -0.860. The van der Waals surface area contributed by atoms with Gasteiger partial charge in [-0.05, 0) is 37.1 Å². The highest BCUT2D eigenvalue weighted by Crippen LogP contribution is 2.09. The first-order valence-corrected chi connectivity index (χ1v) is 6.75. The van der Waals surface area contributed by atoms with E-state index in [1.54, 1.807) is 0 Å². The van der Waals surface area contributed by atoms with Crippen LogP contribution in [-0.4, -0.2) is 24.0 Å². The van der Waals surface area contributed by atoms with Crippen LogP contribution in [0, 0.1) is 0 Å². The molecule has 2 nitrogen and oxygen atoms in total. The van der Waals surface area contributed by atoms with Gasteiger partial charge in [0.25, 0.3) is 0 Å². The minimum Gasteiger partial charge on any atom is -0.327 e. The molecule has 0 fully saturated rings. The van der Waals surface area contributed by atoms with Crippen LogP contribution in [0.5, 0.6) is 0 Å². The molecule has 17 heavy (non-hydrogen) atoms. The molecule has 1 atom stereocenters. The van der Waals surface area contributed by atoms with Gasteiger partial charge in [-0.1, -0.05) is 45.0 Å². The summed E-state index contributed by atoms with van der Waals surface area (Å²) in [6.07, 6.45) is 2.03. The number of rotatable bonds is 7. The number of benzene rings is 1. The van der Waals surface area contributed by atoms with Crippen molar-refractivity contribution in [2.75, 3.05) is 13.1 Å². The van der Waals surface area contributed by atoms with Crippen LogP contribution in [0.15, 0.2) is 24.3 Å². The number of nitrogens with zero attached hydrogens (tertiary/aromatic N) is 1. The average Bonchev–Trinajstić information content (AvgIpc) is 2.37. The van der Waals surface area contributed by atoms with Crippen LogP contribution in [0.3, 0.4) is 0 Å². The first-order valence-electron chi connectivity index (χ1n) is 6.75. The minimum absolute atomic E-state index is 0.295. The molecule has 0 aliphatic carbocycles. The molecule has 0 aromatic heterocycles. The molecule has 2 heteroatoms. The molecular formula is C15H26N2. The van der Waals surface area contributed by atoms with Crippen molar-refractivity contribution in [3.8, 4) is 0 Å². The number of hydrogen-bond donors (Lipinski definition) is 1. The quantitative estimate of drug-likeness (QED) is 0.786. The molecule has 0 saturated carbocycles. The Labute approximate surface area is 106 Å². The highest BCUT2D eigenvalue weighted by Gasteiger charge is 2.03. The van der Waals surface area contributed by atoms with E-state index in [4.69, 9.17) is 5.73 Å². The van der Waals surface area contributed by atoms with Crippen LogP contribution in [0.25, 0.3) is 0 Å². The first kappa shape index (κ1) is 14.2. The number of hydrogen-bond acceptors (Lipinski definition) is 2. The second-order valence-electron chi connectivity index (χ2n) is 4.65. The lowest BCUT2D eigenvalue weighted by Crippen LogP contribution is -2.22. The van der Waals surface area contributed by atoms with Gasteiger partial charge < -0.3 is 5.73 Å². The average molecular weight is 234 g/mol. The van der Waals surface area contributed by atoms with Crippen molar-refractivity contribution in [2.45, 2.75) is 46.2 Å². The molecule has 1 aromatic rings. The predicted molar refractivity (Wildman–Crippen MR) is 75.0 cm³/mol. The van der Waals surface area contributed by atoms with Crippen LogP contribution < -0.4 is 5.73 Å². The molecule has 2 N–H and O–H groups in total. The first-order chi connectivity index (χ1) is 8.19. The van der Waals surface area contributed by atoms with Crippen LogP contribution in [0.1, 0.15) is 38.3 Å². The molecule has 0 aliphatic heterocycles. The highest BCUT2D eigenvalue weighted by atomic mass is 15.1. The third-order valence-electron chi connectivity index (χ3n) is 3.35. The maximum atomic E-state index is 5.96. The van der Waals surface area contributed by atoms with E-state index >= 15 is 0 Å². The van der Waals surface area contributed by atoms with Crippen LogP contribution in [0.2, 0.25) is 0 Å². The van der Waals surface area contributed by atoms with Crippen LogP contribution >= 0.6 is 0 Å². The van der Waals surface area contributed by atoms with Gasteiger partial charge in [0, 0.05) is 12.6 Å². The lowest BCUT2D eigenvalue weighted by atomic mass is 10.0. The van der Waals surface area contributed by atoms with Crippen molar-refractivity contribution in [3.63, 3.8) is 0 Å². The third kappa shape index (κ3) is 4.88.